The number of hydrogen-bond acceptors (Lipinski definition) is 5. The van der Waals surface area contributed by atoms with Gasteiger partial charge < -0.3 is 9.80 Å². The molecule has 5 rings (SSSR count). The van der Waals surface area contributed by atoms with Gasteiger partial charge in [-0.1, -0.05) is 41.4 Å². The van der Waals surface area contributed by atoms with Crippen LogP contribution in [0.1, 0.15) is 5.56 Å². The van der Waals surface area contributed by atoms with E-state index in [9.17, 15) is 8.42 Å². The Hall–Kier alpha value is -3.09. The van der Waals surface area contributed by atoms with Gasteiger partial charge in [-0.25, -0.2) is 8.42 Å². The molecule has 3 aromatic carbocycles. The summed E-state index contributed by atoms with van der Waals surface area (Å²) in [6, 6.07) is 22.6. The molecule has 7 heteroatoms. The molecule has 2 heterocycles. The molecule has 0 unspecified atom stereocenters. The summed E-state index contributed by atoms with van der Waals surface area (Å²) in [5, 5.41) is 1.36. The molecule has 1 aliphatic heterocycles. The van der Waals surface area contributed by atoms with E-state index in [-0.39, 0.29) is 9.79 Å². The van der Waals surface area contributed by atoms with Crippen LogP contribution < -0.4 is 9.80 Å². The van der Waals surface area contributed by atoms with Crippen molar-refractivity contribution in [1.82, 2.24) is 4.98 Å². The minimum atomic E-state index is -3.78. The van der Waals surface area contributed by atoms with E-state index in [0.717, 1.165) is 35.2 Å². The highest BCUT2D eigenvalue weighted by molar-refractivity contribution is 7.91. The molecule has 5 nitrogen and oxygen atoms in total. The zero-order valence-electron chi connectivity index (χ0n) is 18.3. The van der Waals surface area contributed by atoms with Crippen molar-refractivity contribution in [3.63, 3.8) is 0 Å². The predicted octanol–water partition coefficient (Wildman–Crippen LogP) is 5.36. The van der Waals surface area contributed by atoms with E-state index < -0.39 is 9.84 Å². The first-order chi connectivity index (χ1) is 15.9. The highest BCUT2D eigenvalue weighted by Gasteiger charge is 2.29. The van der Waals surface area contributed by atoms with Crippen LogP contribution in [0.3, 0.4) is 0 Å². The third kappa shape index (κ3) is 4.16. The summed E-state index contributed by atoms with van der Waals surface area (Å²) < 4.78 is 27.4. The number of sulfone groups is 1. The Morgan fingerprint density at radius 3 is 2.21 bits per heavy atom. The number of pyridine rings is 1. The zero-order valence-corrected chi connectivity index (χ0v) is 19.9. The smallest absolute Gasteiger partial charge is 0.210 e. The Balaban J connectivity index is 1.60. The monoisotopic (exact) mass is 477 g/mol. The number of aryl methyl sites for hydroxylation is 1. The van der Waals surface area contributed by atoms with Crippen molar-refractivity contribution in [3.8, 4) is 0 Å². The van der Waals surface area contributed by atoms with Gasteiger partial charge >= 0.3 is 0 Å². The average molecular weight is 478 g/mol. The molecule has 1 saturated heterocycles. The normalized spacial score (nSPS) is 14.6. The maximum Gasteiger partial charge on any atom is 0.210 e. The number of benzene rings is 3. The summed E-state index contributed by atoms with van der Waals surface area (Å²) in [5.74, 6) is 0. The largest absolute Gasteiger partial charge is 0.368 e. The Morgan fingerprint density at radius 2 is 1.52 bits per heavy atom. The van der Waals surface area contributed by atoms with E-state index in [4.69, 9.17) is 11.6 Å². The molecular weight excluding hydrogens is 454 g/mol. The van der Waals surface area contributed by atoms with E-state index in [2.05, 4.69) is 26.9 Å². The quantitative estimate of drug-likeness (QED) is 0.396. The summed E-state index contributed by atoms with van der Waals surface area (Å²) in [5.41, 5.74) is 3.76. The number of hydrogen-bond donors (Lipinski definition) is 0. The van der Waals surface area contributed by atoms with Crippen molar-refractivity contribution in [1.29, 1.82) is 0 Å². The SMILES string of the molecule is Cc1ccc2ncc(S(=O)(=O)c3ccc(Cl)cc3)c(N3CCN(c4ccccc4)CC3)c2c1. The van der Waals surface area contributed by atoms with Gasteiger partial charge in [0.05, 0.1) is 16.1 Å². The molecule has 0 radical (unpaired) electrons. The maximum absolute atomic E-state index is 13.7. The third-order valence-electron chi connectivity index (χ3n) is 6.09. The van der Waals surface area contributed by atoms with Crippen molar-refractivity contribution in [3.05, 3.63) is 89.6 Å². The number of anilines is 2. The van der Waals surface area contributed by atoms with Gasteiger partial charge in [-0.15, -0.1) is 0 Å². The molecule has 4 aromatic rings. The summed E-state index contributed by atoms with van der Waals surface area (Å²) in [6.07, 6.45) is 1.50. The fourth-order valence-corrected chi connectivity index (χ4v) is 5.92. The minimum Gasteiger partial charge on any atom is -0.368 e. The number of para-hydroxylation sites is 1. The van der Waals surface area contributed by atoms with E-state index in [1.54, 1.807) is 24.3 Å². The molecular formula is C26H24ClN3O2S. The maximum atomic E-state index is 13.7. The molecule has 1 fully saturated rings. The van der Waals surface area contributed by atoms with Gasteiger partial charge in [0.25, 0.3) is 0 Å². The lowest BCUT2D eigenvalue weighted by atomic mass is 10.1. The van der Waals surface area contributed by atoms with Gasteiger partial charge in [0.1, 0.15) is 4.90 Å². The molecule has 0 spiro atoms. The van der Waals surface area contributed by atoms with Gasteiger partial charge in [-0.2, -0.15) is 0 Å². The predicted molar refractivity (Wildman–Crippen MR) is 134 cm³/mol. The zero-order chi connectivity index (χ0) is 23.0. The van der Waals surface area contributed by atoms with Crippen molar-refractivity contribution in [2.75, 3.05) is 36.0 Å². The average Bonchev–Trinajstić information content (AvgIpc) is 2.84. The first kappa shape index (κ1) is 21.7. The highest BCUT2D eigenvalue weighted by Crippen LogP contribution is 2.37. The molecule has 168 valence electrons. The highest BCUT2D eigenvalue weighted by atomic mass is 35.5. The molecule has 0 aliphatic carbocycles. The van der Waals surface area contributed by atoms with Crippen molar-refractivity contribution >= 4 is 43.7 Å². The van der Waals surface area contributed by atoms with Crippen LogP contribution >= 0.6 is 11.6 Å². The number of nitrogens with zero attached hydrogens (tertiary/aromatic N) is 3. The lowest BCUT2D eigenvalue weighted by Gasteiger charge is -2.38. The second-order valence-corrected chi connectivity index (χ2v) is 10.6. The van der Waals surface area contributed by atoms with Crippen LogP contribution in [0, 0.1) is 6.92 Å². The number of halogens is 1. The first-order valence-electron chi connectivity index (χ1n) is 10.9. The third-order valence-corrected chi connectivity index (χ3v) is 8.11. The molecule has 0 saturated carbocycles. The van der Waals surface area contributed by atoms with Gasteiger partial charge in [-0.05, 0) is 55.5 Å². The lowest BCUT2D eigenvalue weighted by Crippen LogP contribution is -2.47. The fourth-order valence-electron chi connectivity index (χ4n) is 4.36. The minimum absolute atomic E-state index is 0.213. The standard InChI is InChI=1S/C26H24ClN3O2S/c1-19-7-12-24-23(17-19)26(30-15-13-29(14-16-30)21-5-3-2-4-6-21)25(18-28-24)33(31,32)22-10-8-20(27)9-11-22/h2-12,17-18H,13-16H2,1H3. The molecule has 1 aromatic heterocycles. The second kappa shape index (κ2) is 8.69. The van der Waals surface area contributed by atoms with E-state index in [1.807, 2.05) is 43.3 Å². The number of aromatic nitrogens is 1. The Bertz CT molecular complexity index is 1400. The van der Waals surface area contributed by atoms with Gasteiger partial charge in [0.2, 0.25) is 9.84 Å². The molecule has 0 bridgehead atoms. The van der Waals surface area contributed by atoms with E-state index >= 15 is 0 Å². The molecule has 1 aliphatic rings. The van der Waals surface area contributed by atoms with E-state index in [1.165, 1.54) is 11.9 Å². The second-order valence-electron chi connectivity index (χ2n) is 8.26. The molecule has 33 heavy (non-hydrogen) atoms. The van der Waals surface area contributed by atoms with Gasteiger partial charge in [-0.3, -0.25) is 4.98 Å². The summed E-state index contributed by atoms with van der Waals surface area (Å²) in [4.78, 5) is 9.47. The van der Waals surface area contributed by atoms with Gasteiger partial charge in [0.15, 0.2) is 0 Å². The Morgan fingerprint density at radius 1 is 0.848 bits per heavy atom. The molecule has 0 atom stereocenters. The lowest BCUT2D eigenvalue weighted by molar-refractivity contribution is 0.594. The Labute approximate surface area is 199 Å². The van der Waals surface area contributed by atoms with Crippen molar-refractivity contribution in [2.45, 2.75) is 16.7 Å². The number of fused-ring (bicyclic) bond motifs is 1. The summed E-state index contributed by atoms with van der Waals surface area (Å²) in [7, 11) is -3.78. The van der Waals surface area contributed by atoms with Crippen molar-refractivity contribution in [2.24, 2.45) is 0 Å². The van der Waals surface area contributed by atoms with Crippen LogP contribution in [-0.4, -0.2) is 39.6 Å². The van der Waals surface area contributed by atoms with Crippen LogP contribution in [0.2, 0.25) is 5.02 Å². The van der Waals surface area contributed by atoms with Crippen LogP contribution in [0.4, 0.5) is 11.4 Å². The van der Waals surface area contributed by atoms with Gasteiger partial charge in [0, 0.05) is 48.5 Å². The van der Waals surface area contributed by atoms with Crippen LogP contribution in [-0.2, 0) is 9.84 Å². The topological polar surface area (TPSA) is 53.5 Å². The summed E-state index contributed by atoms with van der Waals surface area (Å²) in [6.45, 7) is 5.05. The summed E-state index contributed by atoms with van der Waals surface area (Å²) >= 11 is 6.00. The fraction of sp³-hybridized carbons (Fsp3) is 0.192. The molecule has 0 amide bonds. The molecule has 0 N–H and O–H groups in total. The van der Waals surface area contributed by atoms with Crippen LogP contribution in [0.25, 0.3) is 10.9 Å². The number of rotatable bonds is 4. The van der Waals surface area contributed by atoms with E-state index in [0.29, 0.717) is 18.1 Å². The van der Waals surface area contributed by atoms with Crippen LogP contribution in [0.5, 0.6) is 0 Å². The van der Waals surface area contributed by atoms with Crippen molar-refractivity contribution < 1.29 is 8.42 Å². The first-order valence-corrected chi connectivity index (χ1v) is 12.7. The van der Waals surface area contributed by atoms with Crippen LogP contribution in [0.15, 0.2) is 88.8 Å². The number of piperazine rings is 1. The Kier molecular flexibility index (Phi) is 5.72.